The number of benzene rings is 1. The molecule has 0 aromatic heterocycles. The molecule has 6 rings (SSSR count). The number of ether oxygens (including phenoxy) is 1. The van der Waals surface area contributed by atoms with Crippen LogP contribution in [0.25, 0.3) is 0 Å². The first kappa shape index (κ1) is 32.0. The minimum absolute atomic E-state index is 0.0633. The van der Waals surface area contributed by atoms with Crippen molar-refractivity contribution in [3.05, 3.63) is 28.3 Å². The predicted octanol–water partition coefficient (Wildman–Crippen LogP) is 7.53. The van der Waals surface area contributed by atoms with Gasteiger partial charge in [0.2, 0.25) is 0 Å². The Morgan fingerprint density at radius 3 is 2.34 bits per heavy atom. The number of aryl methyl sites for hydroxylation is 1. The first-order valence-corrected chi connectivity index (χ1v) is 18.3. The number of hydrogen-bond acceptors (Lipinski definition) is 5. The van der Waals surface area contributed by atoms with Gasteiger partial charge in [-0.05, 0) is 75.5 Å². The summed E-state index contributed by atoms with van der Waals surface area (Å²) < 4.78 is 6.48. The van der Waals surface area contributed by atoms with Crippen molar-refractivity contribution in [1.29, 1.82) is 0 Å². The SMILES string of the molecule is CCCCC1CN(CC2CCCCC2)C(=O)OC12CCN(C1CCN(C(=O)c3c(Cl)cc(C)cc3N3CCCC3)CC1)CC2. The zero-order valence-electron chi connectivity index (χ0n) is 27.3. The van der Waals surface area contributed by atoms with Crippen molar-refractivity contribution < 1.29 is 14.3 Å². The van der Waals surface area contributed by atoms with E-state index in [-0.39, 0.29) is 17.6 Å². The van der Waals surface area contributed by atoms with Gasteiger partial charge < -0.3 is 19.4 Å². The maximum Gasteiger partial charge on any atom is 0.410 e. The summed E-state index contributed by atoms with van der Waals surface area (Å²) in [6, 6.07) is 4.55. The van der Waals surface area contributed by atoms with Gasteiger partial charge in [-0.25, -0.2) is 4.79 Å². The van der Waals surface area contributed by atoms with Gasteiger partial charge in [-0.15, -0.1) is 0 Å². The van der Waals surface area contributed by atoms with E-state index in [4.69, 9.17) is 16.3 Å². The van der Waals surface area contributed by atoms with Crippen molar-refractivity contribution >= 4 is 29.3 Å². The maximum absolute atomic E-state index is 13.8. The highest BCUT2D eigenvalue weighted by Crippen LogP contribution is 2.42. The van der Waals surface area contributed by atoms with E-state index in [2.05, 4.69) is 34.6 Å². The second-order valence-corrected chi connectivity index (χ2v) is 15.0. The summed E-state index contributed by atoms with van der Waals surface area (Å²) in [6.45, 7) is 11.5. The van der Waals surface area contributed by atoms with Crippen LogP contribution in [-0.4, -0.2) is 90.7 Å². The van der Waals surface area contributed by atoms with Crippen LogP contribution >= 0.6 is 11.6 Å². The zero-order valence-corrected chi connectivity index (χ0v) is 28.1. The molecule has 8 heteroatoms. The minimum Gasteiger partial charge on any atom is -0.442 e. The van der Waals surface area contributed by atoms with Crippen LogP contribution in [0.5, 0.6) is 0 Å². The average molecular weight is 627 g/mol. The van der Waals surface area contributed by atoms with Crippen LogP contribution in [0.2, 0.25) is 5.02 Å². The van der Waals surface area contributed by atoms with Crippen LogP contribution in [0, 0.1) is 18.8 Å². The molecular formula is C36H55ClN4O3. The average Bonchev–Trinajstić information content (AvgIpc) is 3.58. The molecule has 7 nitrogen and oxygen atoms in total. The molecule has 5 fully saturated rings. The van der Waals surface area contributed by atoms with Crippen molar-refractivity contribution in [3.8, 4) is 0 Å². The third-order valence-electron chi connectivity index (χ3n) is 11.6. The van der Waals surface area contributed by atoms with Crippen LogP contribution in [0.1, 0.15) is 113 Å². The molecule has 1 atom stereocenters. The Bertz CT molecular complexity index is 1150. The summed E-state index contributed by atoms with van der Waals surface area (Å²) in [5, 5.41) is 0.581. The Balaban J connectivity index is 1.05. The van der Waals surface area contributed by atoms with Crippen LogP contribution in [-0.2, 0) is 4.74 Å². The van der Waals surface area contributed by atoms with Crippen molar-refractivity contribution in [2.24, 2.45) is 11.8 Å². The predicted molar refractivity (Wildman–Crippen MR) is 178 cm³/mol. The number of nitrogens with zero attached hydrogens (tertiary/aromatic N) is 4. The summed E-state index contributed by atoms with van der Waals surface area (Å²) in [5.74, 6) is 1.15. The minimum atomic E-state index is -0.309. The van der Waals surface area contributed by atoms with Crippen molar-refractivity contribution in [2.75, 3.05) is 57.3 Å². The quantitative estimate of drug-likeness (QED) is 0.299. The Labute approximate surface area is 270 Å². The topological polar surface area (TPSA) is 56.3 Å². The van der Waals surface area contributed by atoms with E-state index in [0.29, 0.717) is 28.5 Å². The number of amides is 2. The molecule has 0 bridgehead atoms. The van der Waals surface area contributed by atoms with Crippen LogP contribution < -0.4 is 4.90 Å². The lowest BCUT2D eigenvalue weighted by molar-refractivity contribution is -0.127. The lowest BCUT2D eigenvalue weighted by Gasteiger charge is -2.52. The normalized spacial score (nSPS) is 25.6. The number of anilines is 1. The number of hydrogen-bond donors (Lipinski definition) is 0. The molecule has 44 heavy (non-hydrogen) atoms. The van der Waals surface area contributed by atoms with Crippen LogP contribution in [0.15, 0.2) is 12.1 Å². The highest BCUT2D eigenvalue weighted by Gasteiger charge is 2.50. The highest BCUT2D eigenvalue weighted by atomic mass is 35.5. The van der Waals surface area contributed by atoms with Crippen molar-refractivity contribution in [1.82, 2.24) is 14.7 Å². The molecule has 1 unspecified atom stereocenters. The zero-order chi connectivity index (χ0) is 30.7. The van der Waals surface area contributed by atoms with E-state index in [1.165, 1.54) is 57.8 Å². The summed E-state index contributed by atoms with van der Waals surface area (Å²) in [7, 11) is 0. The lowest BCUT2D eigenvalue weighted by Crippen LogP contribution is -2.61. The third kappa shape index (κ3) is 6.89. The largest absolute Gasteiger partial charge is 0.442 e. The van der Waals surface area contributed by atoms with E-state index in [9.17, 15) is 9.59 Å². The first-order chi connectivity index (χ1) is 21.4. The molecule has 4 aliphatic heterocycles. The van der Waals surface area contributed by atoms with Crippen LogP contribution in [0.3, 0.4) is 0 Å². The second-order valence-electron chi connectivity index (χ2n) is 14.6. The number of carbonyl (C=O) groups is 2. The number of unbranched alkanes of at least 4 members (excludes halogenated alkanes) is 1. The monoisotopic (exact) mass is 626 g/mol. The lowest BCUT2D eigenvalue weighted by atomic mass is 9.75. The molecule has 0 radical (unpaired) electrons. The Hall–Kier alpha value is -1.99. The first-order valence-electron chi connectivity index (χ1n) is 17.9. The number of carbonyl (C=O) groups excluding carboxylic acids is 2. The van der Waals surface area contributed by atoms with Gasteiger partial charge in [0, 0.05) is 77.2 Å². The summed E-state index contributed by atoms with van der Waals surface area (Å²) in [6.07, 6.45) is 16.1. The molecule has 1 aromatic carbocycles. The number of likely N-dealkylation sites (tertiary alicyclic amines) is 2. The van der Waals surface area contributed by atoms with Gasteiger partial charge in [0.1, 0.15) is 5.60 Å². The van der Waals surface area contributed by atoms with Gasteiger partial charge in [0.05, 0.1) is 16.3 Å². The molecule has 0 N–H and O–H groups in total. The van der Waals surface area contributed by atoms with Gasteiger partial charge in [-0.3, -0.25) is 9.69 Å². The molecule has 2 amide bonds. The molecule has 244 valence electrons. The Morgan fingerprint density at radius 1 is 0.955 bits per heavy atom. The van der Waals surface area contributed by atoms with Gasteiger partial charge in [-0.2, -0.15) is 0 Å². The number of halogens is 1. The van der Waals surface area contributed by atoms with E-state index in [0.717, 1.165) is 95.7 Å². The van der Waals surface area contributed by atoms with Crippen molar-refractivity contribution in [3.63, 3.8) is 0 Å². The van der Waals surface area contributed by atoms with Gasteiger partial charge >= 0.3 is 6.09 Å². The fraction of sp³-hybridized carbons (Fsp3) is 0.778. The van der Waals surface area contributed by atoms with Crippen LogP contribution in [0.4, 0.5) is 10.5 Å². The van der Waals surface area contributed by atoms with E-state index >= 15 is 0 Å². The summed E-state index contributed by atoms with van der Waals surface area (Å²) in [4.78, 5) is 36.3. The molecule has 4 heterocycles. The summed E-state index contributed by atoms with van der Waals surface area (Å²) in [5.41, 5.74) is 2.49. The van der Waals surface area contributed by atoms with Gasteiger partial charge in [-0.1, -0.05) is 50.6 Å². The third-order valence-corrected chi connectivity index (χ3v) is 11.9. The second kappa shape index (κ2) is 14.2. The molecule has 4 saturated heterocycles. The smallest absolute Gasteiger partial charge is 0.410 e. The van der Waals surface area contributed by atoms with E-state index in [1.807, 2.05) is 11.0 Å². The fourth-order valence-electron chi connectivity index (χ4n) is 8.98. The standard InChI is InChI=1S/C36H55ClN4O3/c1-3-4-12-29-26-41(25-28-10-6-5-7-11-28)35(43)44-36(29)15-21-38(22-16-36)30-13-19-40(20-14-30)34(42)33-31(37)23-27(2)24-32(33)39-17-8-9-18-39/h23-24,28-30H,3-22,25-26H2,1-2H3. The van der Waals surface area contributed by atoms with Gasteiger partial charge in [0.25, 0.3) is 5.91 Å². The maximum atomic E-state index is 13.8. The molecule has 1 spiro atoms. The van der Waals surface area contributed by atoms with Crippen molar-refractivity contribution in [2.45, 2.75) is 115 Å². The molecule has 1 aliphatic carbocycles. The highest BCUT2D eigenvalue weighted by molar-refractivity contribution is 6.34. The molecule has 1 aromatic rings. The van der Waals surface area contributed by atoms with Gasteiger partial charge in [0.15, 0.2) is 0 Å². The molecule has 1 saturated carbocycles. The van der Waals surface area contributed by atoms with E-state index in [1.54, 1.807) is 0 Å². The number of piperidine rings is 2. The fourth-order valence-corrected chi connectivity index (χ4v) is 9.33. The molecule has 5 aliphatic rings. The number of rotatable bonds is 8. The Morgan fingerprint density at radius 2 is 1.66 bits per heavy atom. The molecular weight excluding hydrogens is 572 g/mol. The summed E-state index contributed by atoms with van der Waals surface area (Å²) >= 11 is 6.74. The Kier molecular flexibility index (Phi) is 10.3. The van der Waals surface area contributed by atoms with E-state index < -0.39 is 0 Å².